The van der Waals surface area contributed by atoms with Crippen molar-refractivity contribution in [3.63, 3.8) is 0 Å². The lowest BCUT2D eigenvalue weighted by molar-refractivity contribution is 0.528. The Balaban J connectivity index is 2.74. The summed E-state index contributed by atoms with van der Waals surface area (Å²) in [5.74, 6) is -0.524. The van der Waals surface area contributed by atoms with Crippen molar-refractivity contribution in [3.05, 3.63) is 24.3 Å². The number of hydrogen-bond acceptors (Lipinski definition) is 5. The van der Waals surface area contributed by atoms with Crippen molar-refractivity contribution >= 4 is 19.7 Å². The van der Waals surface area contributed by atoms with Gasteiger partial charge >= 0.3 is 0 Å². The highest BCUT2D eigenvalue weighted by molar-refractivity contribution is 8.13. The van der Waals surface area contributed by atoms with E-state index in [-0.39, 0.29) is 17.4 Å². The van der Waals surface area contributed by atoms with Gasteiger partial charge in [-0.05, 0) is 19.9 Å². The summed E-state index contributed by atoms with van der Waals surface area (Å²) in [5, 5.41) is 6.84. The zero-order valence-corrected chi connectivity index (χ0v) is 11.7. The third-order valence-electron chi connectivity index (χ3n) is 2.41. The van der Waals surface area contributed by atoms with Gasteiger partial charge in [0.05, 0.1) is 11.8 Å². The van der Waals surface area contributed by atoms with E-state index in [1.54, 1.807) is 13.8 Å². The lowest BCUT2D eigenvalue weighted by Gasteiger charge is -2.12. The second kappa shape index (κ2) is 4.86. The molecule has 2 aromatic heterocycles. The van der Waals surface area contributed by atoms with Gasteiger partial charge in [-0.15, -0.1) is 10.2 Å². The molecule has 0 bridgehead atoms. The standard InChI is InChI=1S/C10H10ClFN4O2S/c1-6(2)16-9(7-3-4-13-5-8(7)12)14-15-10(16)19(11,17)18/h3-6H,1-2H3. The zero-order valence-electron chi connectivity index (χ0n) is 10.1. The Labute approximate surface area is 113 Å². The molecule has 0 amide bonds. The second-order valence-corrected chi connectivity index (χ2v) is 6.52. The summed E-state index contributed by atoms with van der Waals surface area (Å²) in [6.07, 6.45) is 2.40. The molecule has 0 aliphatic heterocycles. The van der Waals surface area contributed by atoms with Crippen LogP contribution in [0.5, 0.6) is 0 Å². The van der Waals surface area contributed by atoms with Crippen molar-refractivity contribution in [2.75, 3.05) is 0 Å². The molecule has 0 saturated heterocycles. The highest BCUT2D eigenvalue weighted by Crippen LogP contribution is 2.27. The van der Waals surface area contributed by atoms with E-state index < -0.39 is 20.0 Å². The van der Waals surface area contributed by atoms with Crippen LogP contribution < -0.4 is 0 Å². The molecule has 0 fully saturated rings. The normalized spacial score (nSPS) is 12.1. The lowest BCUT2D eigenvalue weighted by Crippen LogP contribution is -2.10. The van der Waals surface area contributed by atoms with Gasteiger partial charge in [0.25, 0.3) is 14.2 Å². The molecule has 0 saturated carbocycles. The minimum Gasteiger partial charge on any atom is -0.294 e. The average Bonchev–Trinajstić information content (AvgIpc) is 2.73. The quantitative estimate of drug-likeness (QED) is 0.810. The van der Waals surface area contributed by atoms with E-state index in [2.05, 4.69) is 15.2 Å². The fourth-order valence-electron chi connectivity index (χ4n) is 1.65. The van der Waals surface area contributed by atoms with Gasteiger partial charge in [-0.3, -0.25) is 9.55 Å². The third kappa shape index (κ3) is 2.59. The van der Waals surface area contributed by atoms with Crippen LogP contribution in [0.2, 0.25) is 0 Å². The molecule has 2 aromatic rings. The lowest BCUT2D eigenvalue weighted by atomic mass is 10.2. The van der Waals surface area contributed by atoms with Crippen LogP contribution in [0.25, 0.3) is 11.4 Å². The fourth-order valence-corrected chi connectivity index (χ4v) is 2.64. The summed E-state index contributed by atoms with van der Waals surface area (Å²) in [6.45, 7) is 3.44. The molecular formula is C10H10ClFN4O2S. The van der Waals surface area contributed by atoms with E-state index in [0.717, 1.165) is 6.20 Å². The van der Waals surface area contributed by atoms with Crippen LogP contribution in [0, 0.1) is 5.82 Å². The van der Waals surface area contributed by atoms with E-state index in [4.69, 9.17) is 10.7 Å². The molecule has 0 unspecified atom stereocenters. The Hall–Kier alpha value is -1.54. The maximum Gasteiger partial charge on any atom is 0.296 e. The summed E-state index contributed by atoms with van der Waals surface area (Å²) in [6, 6.07) is 1.09. The summed E-state index contributed by atoms with van der Waals surface area (Å²) in [7, 11) is 1.24. The largest absolute Gasteiger partial charge is 0.296 e. The van der Waals surface area contributed by atoms with Crippen molar-refractivity contribution < 1.29 is 12.8 Å². The fraction of sp³-hybridized carbons (Fsp3) is 0.300. The Morgan fingerprint density at radius 2 is 2.05 bits per heavy atom. The van der Waals surface area contributed by atoms with Crippen LogP contribution in [0.4, 0.5) is 4.39 Å². The molecule has 6 nitrogen and oxygen atoms in total. The van der Waals surface area contributed by atoms with E-state index in [9.17, 15) is 12.8 Å². The minimum absolute atomic E-state index is 0.0918. The van der Waals surface area contributed by atoms with Crippen molar-refractivity contribution in [2.45, 2.75) is 25.0 Å². The average molecular weight is 305 g/mol. The van der Waals surface area contributed by atoms with Crippen LogP contribution >= 0.6 is 10.7 Å². The number of rotatable bonds is 3. The van der Waals surface area contributed by atoms with Crippen LogP contribution in [-0.2, 0) is 9.05 Å². The number of aromatic nitrogens is 4. The molecule has 0 N–H and O–H groups in total. The first-order chi connectivity index (χ1) is 8.82. The SMILES string of the molecule is CC(C)n1c(-c2ccncc2F)nnc1S(=O)(=O)Cl. The van der Waals surface area contributed by atoms with E-state index >= 15 is 0 Å². The van der Waals surface area contributed by atoms with Gasteiger partial charge < -0.3 is 0 Å². The Bertz CT molecular complexity index is 714. The van der Waals surface area contributed by atoms with Gasteiger partial charge in [0.2, 0.25) is 0 Å². The Morgan fingerprint density at radius 3 is 2.58 bits per heavy atom. The molecule has 0 radical (unpaired) electrons. The number of hydrogen-bond donors (Lipinski definition) is 0. The first kappa shape index (κ1) is 13.9. The summed E-state index contributed by atoms with van der Waals surface area (Å²) in [4.78, 5) is 3.62. The zero-order chi connectivity index (χ0) is 14.2. The number of halogens is 2. The second-order valence-electron chi connectivity index (χ2n) is 4.06. The molecule has 9 heteroatoms. The van der Waals surface area contributed by atoms with Gasteiger partial charge in [-0.1, -0.05) is 0 Å². The molecule has 102 valence electrons. The Kier molecular flexibility index (Phi) is 3.55. The molecule has 2 heterocycles. The Morgan fingerprint density at radius 1 is 1.37 bits per heavy atom. The summed E-state index contributed by atoms with van der Waals surface area (Å²) < 4.78 is 37.8. The molecule has 0 spiro atoms. The highest BCUT2D eigenvalue weighted by Gasteiger charge is 2.26. The molecular weight excluding hydrogens is 295 g/mol. The third-order valence-corrected chi connectivity index (χ3v) is 3.54. The van der Waals surface area contributed by atoms with Crippen LogP contribution in [-0.4, -0.2) is 28.2 Å². The monoisotopic (exact) mass is 304 g/mol. The highest BCUT2D eigenvalue weighted by atomic mass is 35.7. The van der Waals surface area contributed by atoms with Crippen molar-refractivity contribution in [1.82, 2.24) is 19.7 Å². The van der Waals surface area contributed by atoms with Crippen LogP contribution in [0.3, 0.4) is 0 Å². The molecule has 2 rings (SSSR count). The first-order valence-corrected chi connectivity index (χ1v) is 7.62. The van der Waals surface area contributed by atoms with Gasteiger partial charge in [0.1, 0.15) is 0 Å². The summed E-state index contributed by atoms with van der Waals surface area (Å²) >= 11 is 0. The minimum atomic E-state index is -4.06. The van der Waals surface area contributed by atoms with E-state index in [0.29, 0.717) is 0 Å². The maximum absolute atomic E-state index is 13.7. The van der Waals surface area contributed by atoms with Gasteiger partial charge in [0.15, 0.2) is 11.6 Å². The number of nitrogens with zero attached hydrogens (tertiary/aromatic N) is 4. The van der Waals surface area contributed by atoms with Gasteiger partial charge in [-0.25, -0.2) is 12.8 Å². The molecule has 0 atom stereocenters. The predicted octanol–water partition coefficient (Wildman–Crippen LogP) is 1.99. The van der Waals surface area contributed by atoms with Crippen LogP contribution in [0.15, 0.2) is 23.6 Å². The first-order valence-electron chi connectivity index (χ1n) is 5.32. The number of pyridine rings is 1. The van der Waals surface area contributed by atoms with Crippen molar-refractivity contribution in [3.8, 4) is 11.4 Å². The molecule has 0 aliphatic carbocycles. The van der Waals surface area contributed by atoms with Crippen molar-refractivity contribution in [1.29, 1.82) is 0 Å². The maximum atomic E-state index is 13.7. The molecule has 0 aliphatic rings. The topological polar surface area (TPSA) is 77.7 Å². The van der Waals surface area contributed by atoms with E-state index in [1.807, 2.05) is 0 Å². The molecule has 19 heavy (non-hydrogen) atoms. The van der Waals surface area contributed by atoms with Gasteiger partial charge in [-0.2, -0.15) is 0 Å². The molecule has 0 aromatic carbocycles. The smallest absolute Gasteiger partial charge is 0.294 e. The van der Waals surface area contributed by atoms with Gasteiger partial charge in [0, 0.05) is 22.9 Å². The van der Waals surface area contributed by atoms with Crippen molar-refractivity contribution in [2.24, 2.45) is 0 Å². The van der Waals surface area contributed by atoms with Crippen LogP contribution in [0.1, 0.15) is 19.9 Å². The predicted molar refractivity (Wildman–Crippen MR) is 66.6 cm³/mol. The van der Waals surface area contributed by atoms with E-state index in [1.165, 1.54) is 16.8 Å². The summed E-state index contributed by atoms with van der Waals surface area (Å²) in [5.41, 5.74) is 0.114.